The first-order chi connectivity index (χ1) is 10.9. The van der Waals surface area contributed by atoms with Crippen molar-refractivity contribution in [1.82, 2.24) is 0 Å². The van der Waals surface area contributed by atoms with Gasteiger partial charge < -0.3 is 4.90 Å². The van der Waals surface area contributed by atoms with Gasteiger partial charge in [-0.15, -0.1) is 0 Å². The predicted molar refractivity (Wildman–Crippen MR) is 94.9 cm³/mol. The third kappa shape index (κ3) is 3.17. The van der Waals surface area contributed by atoms with Crippen molar-refractivity contribution < 1.29 is 13.2 Å². The highest BCUT2D eigenvalue weighted by Crippen LogP contribution is 2.42. The highest BCUT2D eigenvalue weighted by molar-refractivity contribution is 8.16. The number of anilines is 1. The SMILES string of the molecule is CCC(=O)N=C1S[C@@H]2CS(=O)(=O)C[C@H]2N1c1ccccc1CC. The van der Waals surface area contributed by atoms with E-state index >= 15 is 0 Å². The third-order valence-electron chi connectivity index (χ3n) is 4.22. The summed E-state index contributed by atoms with van der Waals surface area (Å²) < 4.78 is 24.0. The standard InChI is InChI=1S/C16H20N2O3S2/c1-3-11-7-5-6-8-12(11)18-13-9-23(20,21)10-14(13)22-16(18)17-15(19)4-2/h5-8,13-14H,3-4,9-10H2,1-2H3/t13-,14-/m1/s1. The lowest BCUT2D eigenvalue weighted by Gasteiger charge is -2.26. The highest BCUT2D eigenvalue weighted by atomic mass is 32.2. The second-order valence-corrected chi connectivity index (χ2v) is 9.15. The molecular formula is C16H20N2O3S2. The highest BCUT2D eigenvalue weighted by Gasteiger charge is 2.49. The number of aryl methyl sites for hydroxylation is 1. The van der Waals surface area contributed by atoms with Crippen LogP contribution in [0, 0.1) is 0 Å². The van der Waals surface area contributed by atoms with Gasteiger partial charge in [0.1, 0.15) is 0 Å². The number of amides is 1. The van der Waals surface area contributed by atoms with Gasteiger partial charge in [-0.25, -0.2) is 8.42 Å². The molecule has 0 spiro atoms. The van der Waals surface area contributed by atoms with Crippen molar-refractivity contribution in [3.63, 3.8) is 0 Å². The first kappa shape index (κ1) is 16.5. The summed E-state index contributed by atoms with van der Waals surface area (Å²) in [5, 5.41) is 0.593. The van der Waals surface area contributed by atoms with E-state index in [2.05, 4.69) is 11.9 Å². The Balaban J connectivity index is 2.07. The molecule has 0 radical (unpaired) electrons. The summed E-state index contributed by atoms with van der Waals surface area (Å²) in [5.74, 6) is 0.114. The molecule has 23 heavy (non-hydrogen) atoms. The molecule has 2 fully saturated rings. The molecule has 0 aliphatic carbocycles. The molecule has 0 aromatic heterocycles. The minimum absolute atomic E-state index is 0.0479. The summed E-state index contributed by atoms with van der Waals surface area (Å²) in [4.78, 5) is 18.0. The number of hydrogen-bond acceptors (Lipinski definition) is 4. The molecule has 124 valence electrons. The summed E-state index contributed by atoms with van der Waals surface area (Å²) >= 11 is 1.43. The average Bonchev–Trinajstić information content (AvgIpc) is 2.98. The van der Waals surface area contributed by atoms with Crippen molar-refractivity contribution in [3.05, 3.63) is 29.8 Å². The molecule has 0 bridgehead atoms. The summed E-state index contributed by atoms with van der Waals surface area (Å²) in [5.41, 5.74) is 2.10. The maximum atomic E-state index is 12.0. The summed E-state index contributed by atoms with van der Waals surface area (Å²) in [6.45, 7) is 3.85. The Morgan fingerprint density at radius 1 is 1.30 bits per heavy atom. The van der Waals surface area contributed by atoms with E-state index < -0.39 is 9.84 Å². The fourth-order valence-electron chi connectivity index (χ4n) is 3.08. The van der Waals surface area contributed by atoms with Gasteiger partial charge in [-0.1, -0.05) is 43.8 Å². The first-order valence-corrected chi connectivity index (χ1v) is 10.5. The van der Waals surface area contributed by atoms with Crippen molar-refractivity contribution in [3.8, 4) is 0 Å². The van der Waals surface area contributed by atoms with Gasteiger partial charge >= 0.3 is 0 Å². The van der Waals surface area contributed by atoms with E-state index in [4.69, 9.17) is 0 Å². The number of amidine groups is 1. The van der Waals surface area contributed by atoms with Gasteiger partial charge in [-0.3, -0.25) is 4.79 Å². The molecule has 2 aliphatic rings. The lowest BCUT2D eigenvalue weighted by molar-refractivity contribution is -0.117. The average molecular weight is 352 g/mol. The molecule has 1 aromatic carbocycles. The van der Waals surface area contributed by atoms with Gasteiger partial charge in [0.2, 0.25) is 5.91 Å². The quantitative estimate of drug-likeness (QED) is 0.835. The molecule has 0 unspecified atom stereocenters. The molecule has 0 saturated carbocycles. The Labute approximate surface area is 141 Å². The Kier molecular flexibility index (Phi) is 4.51. The summed E-state index contributed by atoms with van der Waals surface area (Å²) in [6, 6.07) is 7.80. The molecule has 2 heterocycles. The lowest BCUT2D eigenvalue weighted by Crippen LogP contribution is -2.38. The Hall–Kier alpha value is -1.34. The maximum absolute atomic E-state index is 12.0. The normalized spacial score (nSPS) is 27.4. The van der Waals surface area contributed by atoms with Crippen LogP contribution in [0.1, 0.15) is 25.8 Å². The summed E-state index contributed by atoms with van der Waals surface area (Å²) in [6.07, 6.45) is 1.19. The van der Waals surface area contributed by atoms with Crippen molar-refractivity contribution in [2.45, 2.75) is 38.0 Å². The van der Waals surface area contributed by atoms with Crippen molar-refractivity contribution in [2.24, 2.45) is 4.99 Å². The van der Waals surface area contributed by atoms with E-state index in [1.807, 2.05) is 29.2 Å². The first-order valence-electron chi connectivity index (χ1n) is 7.81. The number of hydrogen-bond donors (Lipinski definition) is 0. The van der Waals surface area contributed by atoms with E-state index in [-0.39, 0.29) is 28.7 Å². The van der Waals surface area contributed by atoms with Gasteiger partial charge in [-0.05, 0) is 18.1 Å². The molecule has 2 atom stereocenters. The lowest BCUT2D eigenvalue weighted by atomic mass is 10.1. The number of carbonyl (C=O) groups excluding carboxylic acids is 1. The maximum Gasteiger partial charge on any atom is 0.247 e. The minimum atomic E-state index is -3.03. The van der Waals surface area contributed by atoms with Crippen LogP contribution in [0.3, 0.4) is 0 Å². The topological polar surface area (TPSA) is 66.8 Å². The van der Waals surface area contributed by atoms with Gasteiger partial charge in [0.05, 0.1) is 17.5 Å². The van der Waals surface area contributed by atoms with Crippen molar-refractivity contribution in [2.75, 3.05) is 16.4 Å². The van der Waals surface area contributed by atoms with E-state index in [0.717, 1.165) is 17.7 Å². The Morgan fingerprint density at radius 2 is 2.04 bits per heavy atom. The van der Waals surface area contributed by atoms with Gasteiger partial charge in [0, 0.05) is 17.4 Å². The van der Waals surface area contributed by atoms with Gasteiger partial charge in [0.15, 0.2) is 15.0 Å². The van der Waals surface area contributed by atoms with Crippen LogP contribution in [0.4, 0.5) is 5.69 Å². The minimum Gasteiger partial charge on any atom is -0.315 e. The second-order valence-electron chi connectivity index (χ2n) is 5.79. The zero-order valence-electron chi connectivity index (χ0n) is 13.2. The largest absolute Gasteiger partial charge is 0.315 e. The number of sulfone groups is 1. The van der Waals surface area contributed by atoms with Gasteiger partial charge in [0.25, 0.3) is 0 Å². The van der Waals surface area contributed by atoms with Crippen LogP contribution in [0.15, 0.2) is 29.3 Å². The second kappa shape index (κ2) is 6.28. The molecular weight excluding hydrogens is 332 g/mol. The van der Waals surface area contributed by atoms with Crippen LogP contribution in [0.5, 0.6) is 0 Å². The number of fused-ring (bicyclic) bond motifs is 1. The fourth-order valence-corrected chi connectivity index (χ4v) is 7.00. The number of nitrogens with zero attached hydrogens (tertiary/aromatic N) is 2. The van der Waals surface area contributed by atoms with E-state index in [1.54, 1.807) is 6.92 Å². The molecule has 1 amide bonds. The van der Waals surface area contributed by atoms with Gasteiger partial charge in [-0.2, -0.15) is 4.99 Å². The number of aliphatic imine (C=N–C) groups is 1. The van der Waals surface area contributed by atoms with E-state index in [0.29, 0.717) is 11.6 Å². The van der Waals surface area contributed by atoms with Crippen LogP contribution in [0.2, 0.25) is 0 Å². The number of carbonyl (C=O) groups is 1. The van der Waals surface area contributed by atoms with Crippen molar-refractivity contribution >= 4 is 38.4 Å². The molecule has 5 nitrogen and oxygen atoms in total. The Bertz CT molecular complexity index is 758. The number of benzene rings is 1. The molecule has 2 saturated heterocycles. The molecule has 2 aliphatic heterocycles. The number of rotatable bonds is 3. The number of thioether (sulfide) groups is 1. The van der Waals surface area contributed by atoms with E-state index in [1.165, 1.54) is 11.8 Å². The van der Waals surface area contributed by atoms with E-state index in [9.17, 15) is 13.2 Å². The smallest absolute Gasteiger partial charge is 0.247 e. The van der Waals surface area contributed by atoms with Crippen LogP contribution < -0.4 is 4.90 Å². The van der Waals surface area contributed by atoms with Crippen molar-refractivity contribution in [1.29, 1.82) is 0 Å². The third-order valence-corrected chi connectivity index (χ3v) is 7.43. The van der Waals surface area contributed by atoms with Crippen LogP contribution in [-0.4, -0.2) is 42.3 Å². The predicted octanol–water partition coefficient (Wildman–Crippen LogP) is 2.26. The monoisotopic (exact) mass is 352 g/mol. The molecule has 7 heteroatoms. The summed E-state index contributed by atoms with van der Waals surface area (Å²) in [7, 11) is -3.03. The zero-order chi connectivity index (χ0) is 16.6. The molecule has 3 rings (SSSR count). The van der Waals surface area contributed by atoms with Crippen LogP contribution in [-0.2, 0) is 21.1 Å². The fraction of sp³-hybridized carbons (Fsp3) is 0.500. The van der Waals surface area contributed by atoms with Crippen LogP contribution in [0.25, 0.3) is 0 Å². The van der Waals surface area contributed by atoms with Crippen LogP contribution >= 0.6 is 11.8 Å². The molecule has 0 N–H and O–H groups in total. The molecule has 1 aromatic rings. The Morgan fingerprint density at radius 3 is 2.74 bits per heavy atom. The zero-order valence-corrected chi connectivity index (χ0v) is 14.9. The number of para-hydroxylation sites is 1.